The summed E-state index contributed by atoms with van der Waals surface area (Å²) >= 11 is 0. The predicted octanol–water partition coefficient (Wildman–Crippen LogP) is 17.4. The van der Waals surface area contributed by atoms with Crippen LogP contribution in [0.5, 0.6) is 0 Å². The molecule has 0 saturated carbocycles. The Morgan fingerprint density at radius 1 is 0.333 bits per heavy atom. The first kappa shape index (κ1) is 59.9. The fraction of sp³-hybridized carbons (Fsp3) is 0.737. The quantitative estimate of drug-likeness (QED) is 0.0262. The van der Waals surface area contributed by atoms with E-state index >= 15 is 0 Å². The summed E-state index contributed by atoms with van der Waals surface area (Å²) in [5.41, 5.74) is 0. The highest BCUT2D eigenvalue weighted by Gasteiger charge is 2.19. The van der Waals surface area contributed by atoms with E-state index in [1.165, 1.54) is 103 Å². The molecule has 0 fully saturated rings. The van der Waals surface area contributed by atoms with E-state index in [1.54, 1.807) is 0 Å². The van der Waals surface area contributed by atoms with Crippen LogP contribution in [0.1, 0.15) is 252 Å². The highest BCUT2D eigenvalue weighted by molar-refractivity contribution is 5.71. The zero-order valence-electron chi connectivity index (χ0n) is 41.3. The molecule has 0 aromatic heterocycles. The smallest absolute Gasteiger partial charge is 0.306 e. The van der Waals surface area contributed by atoms with Crippen molar-refractivity contribution in [2.75, 3.05) is 13.2 Å². The van der Waals surface area contributed by atoms with Gasteiger partial charge in [-0.05, 0) is 89.9 Å². The lowest BCUT2D eigenvalue weighted by Crippen LogP contribution is -2.30. The molecule has 0 radical (unpaired) electrons. The SMILES string of the molecule is CC/C=C\C/C=C\C/C=C\C/C=C\C/C=C\CCCCCCCCCCCC(=O)OCC(COC(=O)CCCCCCCC)OC(=O)CCCCCCC/C=C\CCCCCCC. The Kier molecular flexibility index (Phi) is 48.9. The van der Waals surface area contributed by atoms with Gasteiger partial charge in [-0.15, -0.1) is 0 Å². The highest BCUT2D eigenvalue weighted by atomic mass is 16.6. The molecule has 0 aliphatic carbocycles. The molecule has 0 N–H and O–H groups in total. The number of carbonyl (C=O) groups is 3. The number of carbonyl (C=O) groups excluding carboxylic acids is 3. The Hall–Kier alpha value is -3.15. The number of unbranched alkanes of at least 4 members (excludes halogenated alkanes) is 24. The zero-order valence-corrected chi connectivity index (χ0v) is 41.3. The maximum atomic E-state index is 12.7. The average molecular weight is 879 g/mol. The molecule has 6 heteroatoms. The predicted molar refractivity (Wildman–Crippen MR) is 270 cm³/mol. The molecule has 362 valence electrons. The first-order chi connectivity index (χ1) is 31.0. The maximum Gasteiger partial charge on any atom is 0.306 e. The van der Waals surface area contributed by atoms with E-state index < -0.39 is 6.10 Å². The van der Waals surface area contributed by atoms with E-state index in [1.807, 2.05) is 0 Å². The average Bonchev–Trinajstić information content (AvgIpc) is 3.28. The largest absolute Gasteiger partial charge is 0.462 e. The van der Waals surface area contributed by atoms with Gasteiger partial charge in [0.25, 0.3) is 0 Å². The Morgan fingerprint density at radius 2 is 0.619 bits per heavy atom. The molecule has 6 nitrogen and oxygen atoms in total. The maximum absolute atomic E-state index is 12.7. The second-order valence-corrected chi connectivity index (χ2v) is 17.4. The Morgan fingerprint density at radius 3 is 0.984 bits per heavy atom. The lowest BCUT2D eigenvalue weighted by molar-refractivity contribution is -0.167. The summed E-state index contributed by atoms with van der Waals surface area (Å²) in [7, 11) is 0. The molecule has 0 saturated heterocycles. The number of esters is 3. The van der Waals surface area contributed by atoms with E-state index in [9.17, 15) is 14.4 Å². The van der Waals surface area contributed by atoms with Crippen molar-refractivity contribution in [3.63, 3.8) is 0 Å². The van der Waals surface area contributed by atoms with Crippen LogP contribution in [0.25, 0.3) is 0 Å². The van der Waals surface area contributed by atoms with Gasteiger partial charge in [-0.3, -0.25) is 14.4 Å². The van der Waals surface area contributed by atoms with Gasteiger partial charge in [0.2, 0.25) is 0 Å². The van der Waals surface area contributed by atoms with Gasteiger partial charge in [0.15, 0.2) is 6.10 Å². The minimum absolute atomic E-state index is 0.0800. The van der Waals surface area contributed by atoms with Crippen molar-refractivity contribution in [3.8, 4) is 0 Å². The Balaban J connectivity index is 4.16. The first-order valence-electron chi connectivity index (χ1n) is 26.4. The van der Waals surface area contributed by atoms with Gasteiger partial charge in [0.1, 0.15) is 13.2 Å². The van der Waals surface area contributed by atoms with E-state index in [0.29, 0.717) is 19.3 Å². The third-order valence-electron chi connectivity index (χ3n) is 11.2. The van der Waals surface area contributed by atoms with Crippen LogP contribution in [0, 0.1) is 0 Å². The van der Waals surface area contributed by atoms with Crippen molar-refractivity contribution in [2.45, 2.75) is 258 Å². The molecule has 0 aromatic carbocycles. The summed E-state index contributed by atoms with van der Waals surface area (Å²) in [6.07, 6.45) is 64.9. The second-order valence-electron chi connectivity index (χ2n) is 17.4. The molecule has 0 aromatic rings. The summed E-state index contributed by atoms with van der Waals surface area (Å²) in [6.45, 7) is 6.44. The molecule has 0 spiro atoms. The minimum Gasteiger partial charge on any atom is -0.462 e. The first-order valence-corrected chi connectivity index (χ1v) is 26.4. The monoisotopic (exact) mass is 879 g/mol. The van der Waals surface area contributed by atoms with Gasteiger partial charge < -0.3 is 14.2 Å². The topological polar surface area (TPSA) is 78.9 Å². The van der Waals surface area contributed by atoms with Crippen molar-refractivity contribution in [1.29, 1.82) is 0 Å². The van der Waals surface area contributed by atoms with Gasteiger partial charge in [-0.1, -0.05) is 216 Å². The fourth-order valence-corrected chi connectivity index (χ4v) is 7.23. The number of allylic oxidation sites excluding steroid dienone is 12. The lowest BCUT2D eigenvalue weighted by Gasteiger charge is -2.18. The van der Waals surface area contributed by atoms with E-state index in [0.717, 1.165) is 109 Å². The summed E-state index contributed by atoms with van der Waals surface area (Å²) < 4.78 is 16.7. The van der Waals surface area contributed by atoms with Gasteiger partial charge in [-0.25, -0.2) is 0 Å². The molecular weight excluding hydrogens is 781 g/mol. The van der Waals surface area contributed by atoms with Crippen molar-refractivity contribution in [2.24, 2.45) is 0 Å². The number of hydrogen-bond acceptors (Lipinski definition) is 6. The van der Waals surface area contributed by atoms with Crippen LogP contribution >= 0.6 is 0 Å². The summed E-state index contributed by atoms with van der Waals surface area (Å²) in [5.74, 6) is -0.903. The van der Waals surface area contributed by atoms with E-state index in [4.69, 9.17) is 14.2 Å². The normalized spacial score (nSPS) is 12.6. The lowest BCUT2D eigenvalue weighted by atomic mass is 10.1. The standard InChI is InChI=1S/C57H98O6/c1-4-7-10-13-16-18-20-22-24-25-26-27-28-29-30-31-32-33-34-36-37-39-41-44-47-50-56(59)62-53-54(52-61-55(58)49-46-43-15-12-9-6-3)63-57(60)51-48-45-42-40-38-35-23-21-19-17-14-11-8-5-2/h7,10,16,18,21-24,26-27,29-30,54H,4-6,8-9,11-15,17,19-20,25,28,31-53H2,1-3H3/b10-7-,18-16-,23-21-,24-22-,27-26-,30-29-. The highest BCUT2D eigenvalue weighted by Crippen LogP contribution is 2.14. The van der Waals surface area contributed by atoms with Crippen molar-refractivity contribution >= 4 is 17.9 Å². The van der Waals surface area contributed by atoms with Crippen LogP contribution in [0.4, 0.5) is 0 Å². The number of hydrogen-bond donors (Lipinski definition) is 0. The molecule has 0 rings (SSSR count). The minimum atomic E-state index is -0.777. The summed E-state index contributed by atoms with van der Waals surface area (Å²) in [4.78, 5) is 37.7. The summed E-state index contributed by atoms with van der Waals surface area (Å²) in [6, 6.07) is 0. The Labute approximate surface area is 389 Å². The van der Waals surface area contributed by atoms with Gasteiger partial charge in [-0.2, -0.15) is 0 Å². The zero-order chi connectivity index (χ0) is 45.8. The van der Waals surface area contributed by atoms with Crippen LogP contribution in [-0.4, -0.2) is 37.2 Å². The number of rotatable bonds is 47. The van der Waals surface area contributed by atoms with Gasteiger partial charge in [0, 0.05) is 19.3 Å². The van der Waals surface area contributed by atoms with E-state index in [2.05, 4.69) is 93.7 Å². The fourth-order valence-electron chi connectivity index (χ4n) is 7.23. The third-order valence-corrected chi connectivity index (χ3v) is 11.2. The van der Waals surface area contributed by atoms with Crippen molar-refractivity contribution in [3.05, 3.63) is 72.9 Å². The number of ether oxygens (including phenoxy) is 3. The third kappa shape index (κ3) is 49.7. The molecule has 0 bridgehead atoms. The Bertz CT molecular complexity index is 1190. The molecule has 0 heterocycles. The van der Waals surface area contributed by atoms with Crippen molar-refractivity contribution in [1.82, 2.24) is 0 Å². The summed E-state index contributed by atoms with van der Waals surface area (Å²) in [5, 5.41) is 0. The van der Waals surface area contributed by atoms with Crippen molar-refractivity contribution < 1.29 is 28.6 Å². The molecule has 1 atom stereocenters. The molecule has 0 amide bonds. The molecular formula is C57H98O6. The second kappa shape index (κ2) is 51.5. The molecule has 0 aliphatic rings. The molecule has 63 heavy (non-hydrogen) atoms. The van der Waals surface area contributed by atoms with Crippen LogP contribution < -0.4 is 0 Å². The molecule has 0 aliphatic heterocycles. The molecule has 1 unspecified atom stereocenters. The van der Waals surface area contributed by atoms with Crippen LogP contribution in [0.15, 0.2) is 72.9 Å². The van der Waals surface area contributed by atoms with Gasteiger partial charge >= 0.3 is 17.9 Å². The van der Waals surface area contributed by atoms with Crippen LogP contribution in [-0.2, 0) is 28.6 Å². The van der Waals surface area contributed by atoms with E-state index in [-0.39, 0.29) is 31.1 Å². The van der Waals surface area contributed by atoms with Gasteiger partial charge in [0.05, 0.1) is 0 Å². The van der Waals surface area contributed by atoms with Crippen LogP contribution in [0.2, 0.25) is 0 Å². The van der Waals surface area contributed by atoms with Crippen LogP contribution in [0.3, 0.4) is 0 Å².